The smallest absolute Gasteiger partial charge is 0.244 e. The number of sulfonamides is 1. The van der Waals surface area contributed by atoms with E-state index in [-0.39, 0.29) is 17.1 Å². The molecule has 0 bridgehead atoms. The topological polar surface area (TPSA) is 84.2 Å². The summed E-state index contributed by atoms with van der Waals surface area (Å²) in [5, 5.41) is 3.55. The first kappa shape index (κ1) is 14.6. The van der Waals surface area contributed by atoms with Crippen LogP contribution in [0.2, 0.25) is 5.02 Å². The van der Waals surface area contributed by atoms with Gasteiger partial charge in [0, 0.05) is 16.6 Å². The molecule has 4 N–H and O–H groups in total. The van der Waals surface area contributed by atoms with E-state index in [1.807, 2.05) is 18.2 Å². The maximum absolute atomic E-state index is 12.3. The lowest BCUT2D eigenvalue weighted by molar-refractivity contribution is 0.565. The number of allylic oxidation sites excluding steroid dienone is 2. The van der Waals surface area contributed by atoms with Crippen molar-refractivity contribution in [1.82, 2.24) is 4.72 Å². The summed E-state index contributed by atoms with van der Waals surface area (Å²) in [7, 11) is -3.56. The van der Waals surface area contributed by atoms with Crippen LogP contribution in [0.3, 0.4) is 0 Å². The second kappa shape index (κ2) is 5.14. The number of halogens is 1. The van der Waals surface area contributed by atoms with Gasteiger partial charge in [-0.15, -0.1) is 0 Å². The first-order valence-electron chi connectivity index (χ1n) is 6.62. The Bertz CT molecular complexity index is 756. The Morgan fingerprint density at radius 2 is 2.14 bits per heavy atom. The van der Waals surface area contributed by atoms with E-state index in [1.54, 1.807) is 13.0 Å². The van der Waals surface area contributed by atoms with Crippen molar-refractivity contribution in [3.63, 3.8) is 0 Å². The normalized spacial score (nSPS) is 26.7. The van der Waals surface area contributed by atoms with E-state index in [1.165, 1.54) is 6.07 Å². The average molecular weight is 326 g/mol. The average Bonchev–Trinajstić information content (AvgIpc) is 2.38. The van der Waals surface area contributed by atoms with Crippen LogP contribution in [0.1, 0.15) is 18.9 Å². The van der Waals surface area contributed by atoms with Crippen molar-refractivity contribution in [3.05, 3.63) is 40.9 Å². The van der Waals surface area contributed by atoms with Gasteiger partial charge in [-0.05, 0) is 31.1 Å². The minimum atomic E-state index is -3.56. The van der Waals surface area contributed by atoms with Crippen LogP contribution in [0, 0.1) is 0 Å². The van der Waals surface area contributed by atoms with Gasteiger partial charge in [-0.3, -0.25) is 0 Å². The Balaban J connectivity index is 2.21. The van der Waals surface area contributed by atoms with E-state index in [0.717, 1.165) is 11.1 Å². The molecule has 1 aliphatic heterocycles. The number of fused-ring (bicyclic) bond motifs is 1. The van der Waals surface area contributed by atoms with Crippen LogP contribution < -0.4 is 15.8 Å². The van der Waals surface area contributed by atoms with Crippen LogP contribution in [-0.4, -0.2) is 20.6 Å². The number of nitrogens with one attached hydrogen (secondary N) is 2. The number of hydrogen-bond donors (Lipinski definition) is 3. The van der Waals surface area contributed by atoms with Gasteiger partial charge in [0.2, 0.25) is 10.0 Å². The van der Waals surface area contributed by atoms with Gasteiger partial charge in [-0.2, -0.15) is 4.72 Å². The molecule has 1 aliphatic carbocycles. The molecule has 3 rings (SSSR count). The Morgan fingerprint density at radius 1 is 1.38 bits per heavy atom. The molecule has 1 heterocycles. The molecule has 0 saturated heterocycles. The second-order valence-electron chi connectivity index (χ2n) is 5.26. The molecule has 1 aromatic carbocycles. The van der Waals surface area contributed by atoms with E-state index >= 15 is 0 Å². The zero-order valence-electron chi connectivity index (χ0n) is 11.4. The van der Waals surface area contributed by atoms with Crippen molar-refractivity contribution in [2.45, 2.75) is 30.4 Å². The number of hydrogen-bond acceptors (Lipinski definition) is 4. The summed E-state index contributed by atoms with van der Waals surface area (Å²) < 4.78 is 27.1. The van der Waals surface area contributed by atoms with Crippen molar-refractivity contribution in [2.24, 2.45) is 5.73 Å². The molecule has 2 atom stereocenters. The van der Waals surface area contributed by atoms with E-state index in [0.29, 0.717) is 17.1 Å². The number of benzene rings is 1. The number of nitrogens with two attached hydrogens (primary N) is 1. The minimum Gasteiger partial charge on any atom is -0.368 e. The highest BCUT2D eigenvalue weighted by atomic mass is 35.5. The Morgan fingerprint density at radius 3 is 2.86 bits per heavy atom. The predicted molar refractivity (Wildman–Crippen MR) is 84.6 cm³/mol. The van der Waals surface area contributed by atoms with Gasteiger partial charge in [0.05, 0.1) is 11.9 Å². The van der Waals surface area contributed by atoms with Crippen molar-refractivity contribution >= 4 is 32.9 Å². The van der Waals surface area contributed by atoms with Gasteiger partial charge < -0.3 is 11.1 Å². The van der Waals surface area contributed by atoms with Gasteiger partial charge in [0.15, 0.2) is 0 Å². The fourth-order valence-corrected chi connectivity index (χ4v) is 4.30. The third-order valence-corrected chi connectivity index (χ3v) is 5.29. The summed E-state index contributed by atoms with van der Waals surface area (Å²) in [5.41, 5.74) is 8.29. The molecule has 112 valence electrons. The highest BCUT2D eigenvalue weighted by molar-refractivity contribution is 7.89. The van der Waals surface area contributed by atoms with E-state index in [2.05, 4.69) is 10.0 Å². The van der Waals surface area contributed by atoms with Crippen molar-refractivity contribution in [3.8, 4) is 0 Å². The SMILES string of the molecule is CC1Nc2c(C3=CC=C[C@@H](N)C3)cc(Cl)cc2S(=O)(=O)N1. The lowest BCUT2D eigenvalue weighted by Crippen LogP contribution is -2.43. The largest absolute Gasteiger partial charge is 0.368 e. The first-order chi connectivity index (χ1) is 9.87. The molecule has 0 aromatic heterocycles. The van der Waals surface area contributed by atoms with E-state index < -0.39 is 10.0 Å². The van der Waals surface area contributed by atoms with Crippen LogP contribution >= 0.6 is 11.6 Å². The molecule has 0 radical (unpaired) electrons. The fraction of sp³-hybridized carbons (Fsp3) is 0.286. The molecule has 2 aliphatic rings. The van der Waals surface area contributed by atoms with Gasteiger partial charge in [-0.1, -0.05) is 29.8 Å². The summed E-state index contributed by atoms with van der Waals surface area (Å²) in [6, 6.07) is 3.16. The quantitative estimate of drug-likeness (QED) is 0.738. The van der Waals surface area contributed by atoms with Crippen LogP contribution in [0.15, 0.2) is 35.3 Å². The summed E-state index contributed by atoms with van der Waals surface area (Å²) in [5.74, 6) is 0. The zero-order chi connectivity index (χ0) is 15.2. The lowest BCUT2D eigenvalue weighted by Gasteiger charge is -2.29. The molecular weight excluding hydrogens is 310 g/mol. The standard InChI is InChI=1S/C14H16ClN3O2S/c1-8-17-14-12(9-3-2-4-11(16)5-9)6-10(15)7-13(14)21(19,20)18-8/h2-4,6-8,11,17-18H,5,16H2,1H3/t8?,11-/m1/s1. The third-order valence-electron chi connectivity index (χ3n) is 3.51. The van der Waals surface area contributed by atoms with E-state index in [4.69, 9.17) is 17.3 Å². The summed E-state index contributed by atoms with van der Waals surface area (Å²) >= 11 is 6.10. The molecule has 0 fully saturated rings. The highest BCUT2D eigenvalue weighted by Crippen LogP contribution is 2.38. The summed E-state index contributed by atoms with van der Waals surface area (Å²) in [6.45, 7) is 1.75. The molecular formula is C14H16ClN3O2S. The molecule has 5 nitrogen and oxygen atoms in total. The highest BCUT2D eigenvalue weighted by Gasteiger charge is 2.30. The Hall–Kier alpha value is -1.34. The first-order valence-corrected chi connectivity index (χ1v) is 8.48. The third kappa shape index (κ3) is 2.72. The van der Waals surface area contributed by atoms with Crippen LogP contribution in [0.4, 0.5) is 5.69 Å². The van der Waals surface area contributed by atoms with Crippen molar-refractivity contribution in [1.29, 1.82) is 0 Å². The maximum Gasteiger partial charge on any atom is 0.244 e. The van der Waals surface area contributed by atoms with Crippen LogP contribution in [0.5, 0.6) is 0 Å². The minimum absolute atomic E-state index is 0.0737. The van der Waals surface area contributed by atoms with Crippen molar-refractivity contribution < 1.29 is 8.42 Å². The van der Waals surface area contributed by atoms with Gasteiger partial charge >= 0.3 is 0 Å². The van der Waals surface area contributed by atoms with Gasteiger partial charge in [0.25, 0.3) is 0 Å². The molecule has 1 aromatic rings. The Kier molecular flexibility index (Phi) is 3.57. The summed E-state index contributed by atoms with van der Waals surface area (Å²) in [6.07, 6.45) is 6.00. The maximum atomic E-state index is 12.3. The van der Waals surface area contributed by atoms with Gasteiger partial charge in [0.1, 0.15) is 4.90 Å². The number of anilines is 1. The molecule has 1 unspecified atom stereocenters. The second-order valence-corrected chi connectivity index (χ2v) is 7.38. The molecule has 0 saturated carbocycles. The van der Waals surface area contributed by atoms with Gasteiger partial charge in [-0.25, -0.2) is 8.42 Å². The summed E-state index contributed by atoms with van der Waals surface area (Å²) in [4.78, 5) is 0.173. The Labute approximate surface area is 128 Å². The fourth-order valence-electron chi connectivity index (χ4n) is 2.64. The zero-order valence-corrected chi connectivity index (χ0v) is 13.0. The number of rotatable bonds is 1. The van der Waals surface area contributed by atoms with Crippen LogP contribution in [0.25, 0.3) is 5.57 Å². The predicted octanol–water partition coefficient (Wildman–Crippen LogP) is 2.06. The molecule has 0 amide bonds. The molecule has 21 heavy (non-hydrogen) atoms. The lowest BCUT2D eigenvalue weighted by atomic mass is 9.93. The monoisotopic (exact) mass is 325 g/mol. The van der Waals surface area contributed by atoms with Crippen molar-refractivity contribution in [2.75, 3.05) is 5.32 Å². The van der Waals surface area contributed by atoms with Crippen LogP contribution in [-0.2, 0) is 10.0 Å². The molecule has 0 spiro atoms. The molecule has 7 heteroatoms. The van der Waals surface area contributed by atoms with E-state index in [9.17, 15) is 8.42 Å².